The van der Waals surface area contributed by atoms with E-state index >= 15 is 0 Å². The van der Waals surface area contributed by atoms with Crippen LogP contribution in [0.25, 0.3) is 0 Å². The average Bonchev–Trinajstić information content (AvgIpc) is 3.13. The molecule has 1 amide bonds. The number of amides is 1. The molecule has 2 aliphatic heterocycles. The minimum atomic E-state index is -0.468. The van der Waals surface area contributed by atoms with Gasteiger partial charge in [-0.3, -0.25) is 15.1 Å². The zero-order valence-electron chi connectivity index (χ0n) is 12.4. The normalized spacial score (nSPS) is 28.2. The van der Waals surface area contributed by atoms with Gasteiger partial charge in [0, 0.05) is 11.5 Å². The van der Waals surface area contributed by atoms with Crippen molar-refractivity contribution in [2.45, 2.75) is 30.4 Å². The molecule has 1 aromatic carbocycles. The molecule has 1 N–H and O–H groups in total. The van der Waals surface area contributed by atoms with Crippen LogP contribution in [0.15, 0.2) is 24.3 Å². The molecular formula is C16H18N2O3S. The van der Waals surface area contributed by atoms with Gasteiger partial charge in [0.25, 0.3) is 6.02 Å². The standard InChI is InChI=1S/C16H18N2O3S/c1-20-11-4-2-10(3-5-11)16(6-7-16)14(19)18-12-8-22-9-13(12)21-15(18)17/h2-5,12-13,17H,6-9H2,1H3. The van der Waals surface area contributed by atoms with Crippen molar-refractivity contribution in [2.24, 2.45) is 0 Å². The number of amidine groups is 1. The predicted octanol–water partition coefficient (Wildman–Crippen LogP) is 2.00. The molecule has 1 aliphatic carbocycles. The number of hydrogen-bond donors (Lipinski definition) is 1. The number of carbonyl (C=O) groups excluding carboxylic acids is 1. The maximum absolute atomic E-state index is 13.1. The Labute approximate surface area is 133 Å². The number of benzene rings is 1. The Hall–Kier alpha value is -1.69. The third kappa shape index (κ3) is 1.93. The van der Waals surface area contributed by atoms with Gasteiger partial charge in [0.2, 0.25) is 5.91 Å². The van der Waals surface area contributed by atoms with Crippen molar-refractivity contribution in [1.29, 1.82) is 5.41 Å². The van der Waals surface area contributed by atoms with Crippen LogP contribution in [0.2, 0.25) is 0 Å². The fourth-order valence-corrected chi connectivity index (χ4v) is 4.63. The van der Waals surface area contributed by atoms with E-state index < -0.39 is 5.41 Å². The number of methoxy groups -OCH3 is 1. The molecule has 0 aromatic heterocycles. The summed E-state index contributed by atoms with van der Waals surface area (Å²) >= 11 is 1.79. The maximum atomic E-state index is 13.1. The van der Waals surface area contributed by atoms with Gasteiger partial charge in [0.1, 0.15) is 11.9 Å². The Morgan fingerprint density at radius 3 is 2.73 bits per heavy atom. The molecule has 2 heterocycles. The van der Waals surface area contributed by atoms with Crippen LogP contribution < -0.4 is 4.74 Å². The number of fused-ring (bicyclic) bond motifs is 1. The first-order valence-electron chi connectivity index (χ1n) is 7.47. The highest BCUT2D eigenvalue weighted by Crippen LogP contribution is 2.51. The Kier molecular flexibility index (Phi) is 3.11. The lowest BCUT2D eigenvalue weighted by molar-refractivity contribution is -0.131. The van der Waals surface area contributed by atoms with E-state index in [2.05, 4.69) is 0 Å². The minimum Gasteiger partial charge on any atom is -0.497 e. The molecule has 2 atom stereocenters. The molecule has 22 heavy (non-hydrogen) atoms. The van der Waals surface area contributed by atoms with E-state index in [1.165, 1.54) is 0 Å². The SMILES string of the molecule is COc1ccc(C2(C(=O)N3C(=N)OC4CSCC43)CC2)cc1. The first kappa shape index (κ1) is 13.9. The lowest BCUT2D eigenvalue weighted by Gasteiger charge is -2.25. The van der Waals surface area contributed by atoms with Crippen molar-refractivity contribution in [1.82, 2.24) is 4.90 Å². The zero-order chi connectivity index (χ0) is 15.3. The second-order valence-corrected chi connectivity index (χ2v) is 7.13. The summed E-state index contributed by atoms with van der Waals surface area (Å²) in [5.41, 5.74) is 0.546. The molecule has 2 saturated heterocycles. The van der Waals surface area contributed by atoms with Crippen LogP contribution in [0.4, 0.5) is 0 Å². The van der Waals surface area contributed by atoms with Gasteiger partial charge in [-0.25, -0.2) is 0 Å². The minimum absolute atomic E-state index is 0.00637. The highest BCUT2D eigenvalue weighted by molar-refractivity contribution is 7.99. The third-order valence-electron chi connectivity index (χ3n) is 4.83. The van der Waals surface area contributed by atoms with Gasteiger partial charge in [0.15, 0.2) is 0 Å². The Morgan fingerprint density at radius 1 is 1.36 bits per heavy atom. The summed E-state index contributed by atoms with van der Waals surface area (Å²) in [5.74, 6) is 2.54. The summed E-state index contributed by atoms with van der Waals surface area (Å²) in [6.07, 6.45) is 1.67. The highest BCUT2D eigenvalue weighted by Gasteiger charge is 2.58. The van der Waals surface area contributed by atoms with E-state index in [-0.39, 0.29) is 24.1 Å². The molecule has 5 nitrogen and oxygen atoms in total. The molecule has 3 aliphatic rings. The van der Waals surface area contributed by atoms with Gasteiger partial charge in [-0.2, -0.15) is 11.8 Å². The van der Waals surface area contributed by atoms with Crippen molar-refractivity contribution < 1.29 is 14.3 Å². The topological polar surface area (TPSA) is 62.6 Å². The number of thioether (sulfide) groups is 1. The third-order valence-corrected chi connectivity index (χ3v) is 5.98. The Morgan fingerprint density at radius 2 is 2.09 bits per heavy atom. The molecule has 0 radical (unpaired) electrons. The van der Waals surface area contributed by atoms with E-state index in [0.717, 1.165) is 35.7 Å². The van der Waals surface area contributed by atoms with Crippen LogP contribution in [0, 0.1) is 5.41 Å². The van der Waals surface area contributed by atoms with Crippen molar-refractivity contribution in [3.8, 4) is 5.75 Å². The van der Waals surface area contributed by atoms with Crippen molar-refractivity contribution >= 4 is 23.7 Å². The summed E-state index contributed by atoms with van der Waals surface area (Å²) in [6, 6.07) is 7.77. The number of hydrogen-bond acceptors (Lipinski definition) is 5. The van der Waals surface area contributed by atoms with Crippen LogP contribution >= 0.6 is 11.8 Å². The lowest BCUT2D eigenvalue weighted by Crippen LogP contribution is -2.46. The molecule has 6 heteroatoms. The molecule has 3 fully saturated rings. The summed E-state index contributed by atoms with van der Waals surface area (Å²) in [6.45, 7) is 0. The molecule has 1 saturated carbocycles. The van der Waals surface area contributed by atoms with Gasteiger partial charge < -0.3 is 9.47 Å². The monoisotopic (exact) mass is 318 g/mol. The van der Waals surface area contributed by atoms with Crippen LogP contribution in [0.5, 0.6) is 5.75 Å². The molecule has 2 unspecified atom stereocenters. The average molecular weight is 318 g/mol. The van der Waals surface area contributed by atoms with Gasteiger partial charge in [-0.15, -0.1) is 0 Å². The fourth-order valence-electron chi connectivity index (χ4n) is 3.36. The second kappa shape index (κ2) is 4.91. The second-order valence-electron chi connectivity index (χ2n) is 6.05. The molecule has 0 spiro atoms. The Balaban J connectivity index is 1.62. The van der Waals surface area contributed by atoms with E-state index in [1.54, 1.807) is 23.8 Å². The summed E-state index contributed by atoms with van der Waals surface area (Å²) in [5, 5.41) is 8.02. The molecule has 4 rings (SSSR count). The molecular weight excluding hydrogens is 300 g/mol. The fraction of sp³-hybridized carbons (Fsp3) is 0.500. The predicted molar refractivity (Wildman–Crippen MR) is 84.5 cm³/mol. The maximum Gasteiger partial charge on any atom is 0.292 e. The van der Waals surface area contributed by atoms with Crippen molar-refractivity contribution in [3.63, 3.8) is 0 Å². The van der Waals surface area contributed by atoms with Crippen LogP contribution in [0.1, 0.15) is 18.4 Å². The summed E-state index contributed by atoms with van der Waals surface area (Å²) in [4.78, 5) is 14.7. The van der Waals surface area contributed by atoms with Crippen molar-refractivity contribution in [3.05, 3.63) is 29.8 Å². The van der Waals surface area contributed by atoms with E-state index in [9.17, 15) is 4.79 Å². The van der Waals surface area contributed by atoms with Crippen LogP contribution in [-0.2, 0) is 14.9 Å². The number of ether oxygens (including phenoxy) is 2. The highest BCUT2D eigenvalue weighted by atomic mass is 32.2. The van der Waals surface area contributed by atoms with Crippen molar-refractivity contribution in [2.75, 3.05) is 18.6 Å². The lowest BCUT2D eigenvalue weighted by atomic mass is 9.93. The summed E-state index contributed by atoms with van der Waals surface area (Å²) in [7, 11) is 1.63. The van der Waals surface area contributed by atoms with Gasteiger partial charge in [-0.05, 0) is 30.5 Å². The summed E-state index contributed by atoms with van der Waals surface area (Å²) < 4.78 is 10.7. The number of nitrogens with one attached hydrogen (secondary N) is 1. The van der Waals surface area contributed by atoms with E-state index in [0.29, 0.717) is 0 Å². The first-order valence-corrected chi connectivity index (χ1v) is 8.62. The Bertz CT molecular complexity index is 627. The van der Waals surface area contributed by atoms with Gasteiger partial charge in [-0.1, -0.05) is 12.1 Å². The first-order chi connectivity index (χ1) is 10.7. The van der Waals surface area contributed by atoms with Gasteiger partial charge in [0.05, 0.1) is 18.6 Å². The number of nitrogens with zero attached hydrogens (tertiary/aromatic N) is 1. The van der Waals surface area contributed by atoms with Crippen LogP contribution in [-0.4, -0.2) is 47.6 Å². The smallest absolute Gasteiger partial charge is 0.292 e. The number of rotatable bonds is 3. The quantitative estimate of drug-likeness (QED) is 0.926. The van der Waals surface area contributed by atoms with Crippen LogP contribution in [0.3, 0.4) is 0 Å². The van der Waals surface area contributed by atoms with Gasteiger partial charge >= 0.3 is 0 Å². The molecule has 1 aromatic rings. The molecule has 0 bridgehead atoms. The molecule has 116 valence electrons. The van der Waals surface area contributed by atoms with E-state index in [4.69, 9.17) is 14.9 Å². The number of carbonyl (C=O) groups is 1. The zero-order valence-corrected chi connectivity index (χ0v) is 13.2. The van der Waals surface area contributed by atoms with E-state index in [1.807, 2.05) is 24.3 Å². The largest absolute Gasteiger partial charge is 0.497 e.